The topological polar surface area (TPSA) is 27.7 Å². The van der Waals surface area contributed by atoms with Gasteiger partial charge in [-0.25, -0.2) is 30.7 Å². The van der Waals surface area contributed by atoms with Gasteiger partial charge in [0.25, 0.3) is 0 Å². The highest BCUT2D eigenvalue weighted by atomic mass is 35.5. The first kappa shape index (κ1) is 35.2. The molecule has 4 aromatic rings. The number of hydrogen-bond acceptors (Lipinski definition) is 3. The molecule has 1 heterocycles. The third kappa shape index (κ3) is 7.60. The van der Waals surface area contributed by atoms with Crippen molar-refractivity contribution in [3.8, 4) is 28.0 Å². The van der Waals surface area contributed by atoms with Gasteiger partial charge in [0, 0.05) is 23.3 Å². The van der Waals surface area contributed by atoms with E-state index < -0.39 is 74.3 Å². The Bertz CT molecular complexity index is 1750. The van der Waals surface area contributed by atoms with Crippen molar-refractivity contribution >= 4 is 11.6 Å². The first-order chi connectivity index (χ1) is 22.8. The molecule has 0 saturated carbocycles. The van der Waals surface area contributed by atoms with Crippen molar-refractivity contribution in [1.82, 2.24) is 0 Å². The molecule has 0 radical (unpaired) electrons. The zero-order valence-corrected chi connectivity index (χ0v) is 25.6. The Balaban J connectivity index is 1.34. The van der Waals surface area contributed by atoms with Gasteiger partial charge in [0.05, 0.1) is 30.6 Å². The fourth-order valence-electron chi connectivity index (χ4n) is 5.59. The Labute approximate surface area is 274 Å². The summed E-state index contributed by atoms with van der Waals surface area (Å²) < 4.78 is 145. The molecular weight excluding hydrogens is 675 g/mol. The van der Waals surface area contributed by atoms with E-state index in [2.05, 4.69) is 11.3 Å². The van der Waals surface area contributed by atoms with E-state index in [1.54, 1.807) is 6.07 Å². The molecule has 5 rings (SSSR count). The predicted molar refractivity (Wildman–Crippen MR) is 160 cm³/mol. The Hall–Kier alpha value is -4.16. The van der Waals surface area contributed by atoms with Crippen molar-refractivity contribution in [2.75, 3.05) is 13.2 Å². The van der Waals surface area contributed by atoms with E-state index in [0.717, 1.165) is 31.4 Å². The maximum absolute atomic E-state index is 15.4. The number of rotatable bonds is 11. The van der Waals surface area contributed by atoms with Gasteiger partial charge in [-0.15, -0.1) is 0 Å². The van der Waals surface area contributed by atoms with Gasteiger partial charge >= 0.3 is 6.11 Å². The minimum atomic E-state index is -4.84. The van der Waals surface area contributed by atoms with Crippen LogP contribution in [-0.2, 0) is 15.6 Å². The summed E-state index contributed by atoms with van der Waals surface area (Å²) >= 11 is 6.26. The van der Waals surface area contributed by atoms with Crippen LogP contribution >= 0.6 is 11.6 Å². The molecule has 4 aromatic carbocycles. The molecular formula is C35H26ClF9O3. The monoisotopic (exact) mass is 700 g/mol. The van der Waals surface area contributed by atoms with Crippen LogP contribution in [0.3, 0.4) is 0 Å². The molecule has 0 aliphatic carbocycles. The molecule has 0 N–H and O–H groups in total. The van der Waals surface area contributed by atoms with Gasteiger partial charge in [0.2, 0.25) is 0 Å². The number of benzene rings is 4. The lowest BCUT2D eigenvalue weighted by Gasteiger charge is -2.29. The van der Waals surface area contributed by atoms with E-state index in [1.165, 1.54) is 18.4 Å². The van der Waals surface area contributed by atoms with E-state index in [4.69, 9.17) is 21.1 Å². The van der Waals surface area contributed by atoms with Gasteiger partial charge in [-0.05, 0) is 78.6 Å². The van der Waals surface area contributed by atoms with Crippen molar-refractivity contribution in [2.45, 2.75) is 37.9 Å². The van der Waals surface area contributed by atoms with Crippen LogP contribution in [0.15, 0.2) is 67.4 Å². The molecule has 3 nitrogen and oxygen atoms in total. The van der Waals surface area contributed by atoms with E-state index in [0.29, 0.717) is 43.2 Å². The van der Waals surface area contributed by atoms with Gasteiger partial charge < -0.3 is 14.2 Å². The van der Waals surface area contributed by atoms with Gasteiger partial charge in [-0.1, -0.05) is 30.3 Å². The molecule has 0 bridgehead atoms. The second kappa shape index (κ2) is 14.5. The van der Waals surface area contributed by atoms with Crippen LogP contribution < -0.4 is 4.74 Å². The SMILES string of the molecule is C=COCCCC1CCC(c2ccc(-c3cc(F)c(-c4cc(F)c(C(F)(F)Oc5cc(F)c(F)c(F)c5)c(F)c4)c(Cl)c3)c(F)c2)OC1. The maximum atomic E-state index is 15.4. The zero-order chi connectivity index (χ0) is 34.7. The summed E-state index contributed by atoms with van der Waals surface area (Å²) in [6, 6.07) is 7.19. The lowest BCUT2D eigenvalue weighted by molar-refractivity contribution is -0.189. The third-order valence-corrected chi connectivity index (χ3v) is 8.20. The standard InChI is InChI=1S/C35H26ClF9O3/c1-2-46-9-3-4-18-5-8-31(47-17-18)19-6-7-23(25(37)11-19)20-10-24(36)32(26(38)12-20)21-13-27(39)33(28(40)14-21)35(44,45)48-22-15-29(41)34(43)30(42)16-22/h2,6-7,10-16,18,31H,1,3-5,8-9,17H2. The van der Waals surface area contributed by atoms with Crippen molar-refractivity contribution < 1.29 is 53.7 Å². The van der Waals surface area contributed by atoms with Gasteiger partial charge in [-0.3, -0.25) is 0 Å². The largest absolute Gasteiger partial charge is 0.502 e. The third-order valence-electron chi connectivity index (χ3n) is 7.91. The van der Waals surface area contributed by atoms with Crippen LogP contribution in [-0.4, -0.2) is 13.2 Å². The predicted octanol–water partition coefficient (Wildman–Crippen LogP) is 11.2. The number of ether oxygens (including phenoxy) is 3. The Morgan fingerprint density at radius 1 is 0.812 bits per heavy atom. The second-order valence-corrected chi connectivity index (χ2v) is 11.5. The summed E-state index contributed by atoms with van der Waals surface area (Å²) in [4.78, 5) is 0. The summed E-state index contributed by atoms with van der Waals surface area (Å²) in [5.41, 5.74) is -2.58. The molecule has 254 valence electrons. The highest BCUT2D eigenvalue weighted by molar-refractivity contribution is 6.33. The van der Waals surface area contributed by atoms with Crippen molar-refractivity contribution in [3.63, 3.8) is 0 Å². The molecule has 1 aliphatic heterocycles. The average molecular weight is 701 g/mol. The Morgan fingerprint density at radius 2 is 1.48 bits per heavy atom. The molecule has 1 fully saturated rings. The summed E-state index contributed by atoms with van der Waals surface area (Å²) in [6.45, 7) is 4.58. The van der Waals surface area contributed by atoms with E-state index >= 15 is 8.78 Å². The van der Waals surface area contributed by atoms with Gasteiger partial charge in [0.1, 0.15) is 34.6 Å². The van der Waals surface area contributed by atoms with Crippen LogP contribution in [0.5, 0.6) is 5.75 Å². The molecule has 2 unspecified atom stereocenters. The minimum absolute atomic E-state index is 0.00655. The second-order valence-electron chi connectivity index (χ2n) is 11.1. The van der Waals surface area contributed by atoms with Crippen LogP contribution in [0.25, 0.3) is 22.3 Å². The molecule has 48 heavy (non-hydrogen) atoms. The van der Waals surface area contributed by atoms with Crippen LogP contribution in [0.4, 0.5) is 39.5 Å². The van der Waals surface area contributed by atoms with E-state index in [9.17, 15) is 30.7 Å². The summed E-state index contributed by atoms with van der Waals surface area (Å²) in [5.74, 6) is -12.3. The first-order valence-electron chi connectivity index (χ1n) is 14.6. The quantitative estimate of drug-likeness (QED) is 0.0675. The number of halogens is 10. The summed E-state index contributed by atoms with van der Waals surface area (Å²) in [6.07, 6.45) is -0.450. The van der Waals surface area contributed by atoms with Crippen LogP contribution in [0, 0.1) is 46.6 Å². The van der Waals surface area contributed by atoms with Gasteiger partial charge in [0.15, 0.2) is 17.5 Å². The lowest BCUT2D eigenvalue weighted by atomic mass is 9.91. The molecule has 2 atom stereocenters. The lowest BCUT2D eigenvalue weighted by Crippen LogP contribution is -2.25. The minimum Gasteiger partial charge on any atom is -0.502 e. The maximum Gasteiger partial charge on any atom is 0.432 e. The van der Waals surface area contributed by atoms with Crippen molar-refractivity contribution in [1.29, 1.82) is 0 Å². The highest BCUT2D eigenvalue weighted by Crippen LogP contribution is 2.41. The van der Waals surface area contributed by atoms with Crippen molar-refractivity contribution in [2.24, 2.45) is 5.92 Å². The van der Waals surface area contributed by atoms with E-state index in [1.807, 2.05) is 0 Å². The first-order valence-corrected chi connectivity index (χ1v) is 15.0. The molecule has 1 saturated heterocycles. The van der Waals surface area contributed by atoms with Crippen molar-refractivity contribution in [3.05, 3.63) is 124 Å². The molecule has 0 aromatic heterocycles. The molecule has 0 spiro atoms. The molecule has 1 aliphatic rings. The van der Waals surface area contributed by atoms with Crippen LogP contribution in [0.2, 0.25) is 5.02 Å². The highest BCUT2D eigenvalue weighted by Gasteiger charge is 2.42. The number of hydrogen-bond donors (Lipinski definition) is 0. The smallest absolute Gasteiger partial charge is 0.432 e. The molecule has 0 amide bonds. The normalized spacial score (nSPS) is 16.5. The van der Waals surface area contributed by atoms with Crippen LogP contribution in [0.1, 0.15) is 42.9 Å². The average Bonchev–Trinajstić information content (AvgIpc) is 3.01. The molecule has 13 heteroatoms. The van der Waals surface area contributed by atoms with Gasteiger partial charge in [-0.2, -0.15) is 8.78 Å². The summed E-state index contributed by atoms with van der Waals surface area (Å²) in [7, 11) is 0. The Morgan fingerprint density at radius 3 is 2.06 bits per heavy atom. The van der Waals surface area contributed by atoms with E-state index in [-0.39, 0.29) is 29.4 Å². The Kier molecular flexibility index (Phi) is 10.6. The fourth-order valence-corrected chi connectivity index (χ4v) is 5.91. The summed E-state index contributed by atoms with van der Waals surface area (Å²) in [5, 5.41) is -0.416. The zero-order valence-electron chi connectivity index (χ0n) is 24.9. The fraction of sp³-hybridized carbons (Fsp3) is 0.257. The number of alkyl halides is 2.